The summed E-state index contributed by atoms with van der Waals surface area (Å²) in [6.45, 7) is 2.77. The Kier molecular flexibility index (Phi) is 5.94. The van der Waals surface area contributed by atoms with Crippen molar-refractivity contribution in [2.75, 3.05) is 13.1 Å². The van der Waals surface area contributed by atoms with Gasteiger partial charge in [-0.1, -0.05) is 30.3 Å². The van der Waals surface area contributed by atoms with Crippen molar-refractivity contribution in [3.63, 3.8) is 0 Å². The van der Waals surface area contributed by atoms with Gasteiger partial charge in [-0.2, -0.15) is 0 Å². The third kappa shape index (κ3) is 4.43. The Morgan fingerprint density at radius 1 is 1.08 bits per heavy atom. The predicted molar refractivity (Wildman–Crippen MR) is 97.5 cm³/mol. The van der Waals surface area contributed by atoms with Crippen LogP contribution in [0.3, 0.4) is 0 Å². The van der Waals surface area contributed by atoms with E-state index in [4.69, 9.17) is 9.90 Å². The Morgan fingerprint density at radius 2 is 1.65 bits per heavy atom. The Morgan fingerprint density at radius 3 is 2.23 bits per heavy atom. The van der Waals surface area contributed by atoms with Gasteiger partial charge >= 0.3 is 0 Å². The molecule has 3 aliphatic rings. The highest BCUT2D eigenvalue weighted by atomic mass is 16.4. The molecule has 6 heteroatoms. The summed E-state index contributed by atoms with van der Waals surface area (Å²) < 4.78 is 0. The summed E-state index contributed by atoms with van der Waals surface area (Å²) in [5, 5.41) is 20.7. The lowest BCUT2D eigenvalue weighted by Crippen LogP contribution is -2.43. The number of likely N-dealkylation sites (tertiary alicyclic amines) is 1. The number of aliphatic hydroxyl groups is 1. The quantitative estimate of drug-likeness (QED) is 0.748. The summed E-state index contributed by atoms with van der Waals surface area (Å²) in [4.78, 5) is 23.8. The normalized spacial score (nSPS) is 32.7. The molecule has 6 nitrogen and oxygen atoms in total. The summed E-state index contributed by atoms with van der Waals surface area (Å²) >= 11 is 0. The molecule has 0 aromatic heterocycles. The minimum atomic E-state index is -0.833. The summed E-state index contributed by atoms with van der Waals surface area (Å²) in [5.41, 5.74) is 1.28. The first-order valence-corrected chi connectivity index (χ1v) is 9.41. The van der Waals surface area contributed by atoms with Gasteiger partial charge in [0.15, 0.2) is 0 Å². The molecule has 26 heavy (non-hydrogen) atoms. The minimum absolute atomic E-state index is 0.0334. The second-order valence-electron chi connectivity index (χ2n) is 7.67. The Labute approximate surface area is 154 Å². The highest BCUT2D eigenvalue weighted by Gasteiger charge is 2.43. The molecule has 2 heterocycles. The molecule has 4 rings (SSSR count). The third-order valence-electron chi connectivity index (χ3n) is 5.68. The van der Waals surface area contributed by atoms with Crippen molar-refractivity contribution in [1.29, 1.82) is 0 Å². The lowest BCUT2D eigenvalue weighted by molar-refractivity contribution is -0.134. The van der Waals surface area contributed by atoms with Gasteiger partial charge in [0.2, 0.25) is 5.91 Å². The largest absolute Gasteiger partial charge is 0.481 e. The fraction of sp³-hybridized carbons (Fsp3) is 0.600. The van der Waals surface area contributed by atoms with Gasteiger partial charge in [0.05, 0.1) is 12.1 Å². The maximum absolute atomic E-state index is 12.7. The molecule has 1 aliphatic carbocycles. The van der Waals surface area contributed by atoms with Gasteiger partial charge in [0.1, 0.15) is 0 Å². The molecule has 1 unspecified atom stereocenters. The van der Waals surface area contributed by atoms with Gasteiger partial charge in [-0.15, -0.1) is 0 Å². The average Bonchev–Trinajstić information content (AvgIpc) is 3.28. The molecule has 5 atom stereocenters. The number of aliphatic hydroxyl groups excluding tert-OH is 1. The Bertz CT molecular complexity index is 618. The molecular weight excluding hydrogens is 332 g/mol. The molecule has 1 aromatic rings. The lowest BCUT2D eigenvalue weighted by atomic mass is 10.0. The van der Waals surface area contributed by atoms with Gasteiger partial charge in [0.25, 0.3) is 5.97 Å². The fourth-order valence-electron chi connectivity index (χ4n) is 4.55. The first-order valence-electron chi connectivity index (χ1n) is 9.41. The maximum atomic E-state index is 12.7. The van der Waals surface area contributed by atoms with E-state index in [2.05, 4.69) is 29.6 Å². The van der Waals surface area contributed by atoms with Gasteiger partial charge < -0.3 is 15.1 Å². The number of nitrogens with zero attached hydrogens (tertiary/aromatic N) is 1. The fourth-order valence-corrected chi connectivity index (χ4v) is 4.55. The number of nitrogens with one attached hydrogen (secondary N) is 1. The maximum Gasteiger partial charge on any atom is 0.300 e. The van der Waals surface area contributed by atoms with Gasteiger partial charge in [-0.3, -0.25) is 14.9 Å². The summed E-state index contributed by atoms with van der Waals surface area (Å²) in [6, 6.07) is 10.7. The van der Waals surface area contributed by atoms with E-state index in [0.717, 1.165) is 45.7 Å². The molecule has 3 fully saturated rings. The standard InChI is InChI=1S/C18H24N2O2.C2H4O2/c21-15-8-13-10-20(11-14(13)9-15)18(22)17-7-6-16(19-17)12-4-2-1-3-5-12;1-2(3)4/h1-5,13-17,19,21H,6-11H2;1H3,(H,3,4)/t13-,14+,15?,16-,17-;/m1./s1. The second kappa shape index (κ2) is 8.18. The number of carbonyl (C=O) groups excluding carboxylic acids is 1. The van der Waals surface area contributed by atoms with E-state index in [1.54, 1.807) is 0 Å². The van der Waals surface area contributed by atoms with Crippen LogP contribution in [-0.2, 0) is 9.59 Å². The smallest absolute Gasteiger partial charge is 0.300 e. The molecule has 0 bridgehead atoms. The van der Waals surface area contributed by atoms with E-state index in [-0.39, 0.29) is 18.1 Å². The molecular formula is C20H28N2O4. The van der Waals surface area contributed by atoms with Crippen LogP contribution in [0.15, 0.2) is 30.3 Å². The van der Waals surface area contributed by atoms with E-state index in [9.17, 15) is 9.90 Å². The van der Waals surface area contributed by atoms with Crippen LogP contribution >= 0.6 is 0 Å². The molecule has 1 aromatic carbocycles. The van der Waals surface area contributed by atoms with Crippen molar-refractivity contribution < 1.29 is 19.8 Å². The van der Waals surface area contributed by atoms with Crippen molar-refractivity contribution in [2.45, 2.75) is 50.8 Å². The van der Waals surface area contributed by atoms with Crippen LogP contribution < -0.4 is 5.32 Å². The highest BCUT2D eigenvalue weighted by Crippen LogP contribution is 2.38. The molecule has 1 saturated carbocycles. The van der Waals surface area contributed by atoms with E-state index >= 15 is 0 Å². The summed E-state index contributed by atoms with van der Waals surface area (Å²) in [7, 11) is 0. The van der Waals surface area contributed by atoms with Gasteiger partial charge in [-0.25, -0.2) is 0 Å². The number of benzene rings is 1. The zero-order chi connectivity index (χ0) is 18.7. The second-order valence-corrected chi connectivity index (χ2v) is 7.67. The zero-order valence-corrected chi connectivity index (χ0v) is 15.2. The van der Waals surface area contributed by atoms with E-state index in [1.165, 1.54) is 5.56 Å². The number of fused-ring (bicyclic) bond motifs is 1. The number of carboxylic acid groups (broad SMARTS) is 1. The van der Waals surface area contributed by atoms with Crippen molar-refractivity contribution >= 4 is 11.9 Å². The number of carboxylic acids is 1. The van der Waals surface area contributed by atoms with Crippen molar-refractivity contribution in [3.8, 4) is 0 Å². The SMILES string of the molecule is CC(=O)O.O=C([C@H]1CC[C@H](c2ccccc2)N1)N1C[C@H]2CC(O)C[C@H]2C1. The molecule has 1 amide bonds. The number of carbonyl (C=O) groups is 2. The third-order valence-corrected chi connectivity index (χ3v) is 5.68. The molecule has 3 N–H and O–H groups in total. The van der Waals surface area contributed by atoms with Crippen LogP contribution in [-0.4, -0.2) is 52.2 Å². The predicted octanol–water partition coefficient (Wildman–Crippen LogP) is 1.80. The zero-order valence-electron chi connectivity index (χ0n) is 15.2. The average molecular weight is 360 g/mol. The van der Waals surface area contributed by atoms with E-state index in [1.807, 2.05) is 11.0 Å². The van der Waals surface area contributed by atoms with E-state index < -0.39 is 5.97 Å². The molecule has 2 saturated heterocycles. The Hall–Kier alpha value is -1.92. The summed E-state index contributed by atoms with van der Waals surface area (Å²) in [5.74, 6) is 0.470. The number of hydrogen-bond acceptors (Lipinski definition) is 4. The van der Waals surface area contributed by atoms with Crippen LogP contribution in [0.5, 0.6) is 0 Å². The first kappa shape index (κ1) is 18.9. The topological polar surface area (TPSA) is 89.9 Å². The van der Waals surface area contributed by atoms with Crippen molar-refractivity contribution in [3.05, 3.63) is 35.9 Å². The van der Waals surface area contributed by atoms with Crippen LogP contribution in [0, 0.1) is 11.8 Å². The van der Waals surface area contributed by atoms with Gasteiger partial charge in [-0.05, 0) is 43.1 Å². The summed E-state index contributed by atoms with van der Waals surface area (Å²) in [6.07, 6.45) is 3.56. The van der Waals surface area contributed by atoms with Crippen LogP contribution in [0.4, 0.5) is 0 Å². The van der Waals surface area contributed by atoms with Crippen LogP contribution in [0.2, 0.25) is 0 Å². The van der Waals surface area contributed by atoms with Crippen LogP contribution in [0.1, 0.15) is 44.2 Å². The van der Waals surface area contributed by atoms with Crippen LogP contribution in [0.25, 0.3) is 0 Å². The van der Waals surface area contributed by atoms with Crippen molar-refractivity contribution in [1.82, 2.24) is 10.2 Å². The van der Waals surface area contributed by atoms with Crippen molar-refractivity contribution in [2.24, 2.45) is 11.8 Å². The highest BCUT2D eigenvalue weighted by molar-refractivity contribution is 5.82. The molecule has 0 radical (unpaired) electrons. The number of hydrogen-bond donors (Lipinski definition) is 3. The Balaban J connectivity index is 0.000000447. The minimum Gasteiger partial charge on any atom is -0.481 e. The lowest BCUT2D eigenvalue weighted by Gasteiger charge is -2.23. The molecule has 142 valence electrons. The number of rotatable bonds is 2. The molecule has 0 spiro atoms. The number of aliphatic carboxylic acids is 1. The first-order chi connectivity index (χ1) is 12.4. The number of amides is 1. The monoisotopic (exact) mass is 360 g/mol. The van der Waals surface area contributed by atoms with E-state index in [0.29, 0.717) is 17.9 Å². The van der Waals surface area contributed by atoms with Gasteiger partial charge in [0, 0.05) is 26.1 Å². The molecule has 2 aliphatic heterocycles.